The first kappa shape index (κ1) is 30.3. The minimum atomic E-state index is -2.41. The summed E-state index contributed by atoms with van der Waals surface area (Å²) in [6.07, 6.45) is -1.33. The van der Waals surface area contributed by atoms with Gasteiger partial charge in [0.05, 0.1) is 5.58 Å². The molecule has 1 aliphatic rings. The molecule has 3 aromatic heterocycles. The van der Waals surface area contributed by atoms with E-state index < -0.39 is 39.2 Å². The van der Waals surface area contributed by atoms with Crippen LogP contribution in [0.5, 0.6) is 0 Å². The first-order chi connectivity index (χ1) is 29.2. The molecule has 0 amide bonds. The van der Waals surface area contributed by atoms with E-state index in [4.69, 9.17) is 16.8 Å². The molecule has 1 radical (unpaired) electrons. The molecule has 55 heavy (non-hydrogen) atoms. The maximum atomic E-state index is 8.56. The molecule has 3 nitrogen and oxygen atoms in total. The van der Waals surface area contributed by atoms with Crippen molar-refractivity contribution in [3.63, 3.8) is 0 Å². The SMILES string of the molecule is [2H]C([2H])([2H])c1c[c-]c(-c2cc3c(cn2)C([2H])([2H])CCC3([2H])[2H])c2oc3cc(-c4ccc(C(C)(C)C)cc4)ccc3c12.[2H]C([2H])(c1cc(-c2[c-]cccc2)nc[c]1[Ge]([CH3])([CH3])[CH3])C(C)C.[Ir]. The van der Waals surface area contributed by atoms with Crippen LogP contribution in [0, 0.1) is 24.9 Å². The smallest absolute Gasteiger partial charge is 0 e. The van der Waals surface area contributed by atoms with Crippen molar-refractivity contribution < 1.29 is 36.9 Å². The topological polar surface area (TPSA) is 38.9 Å². The van der Waals surface area contributed by atoms with Crippen molar-refractivity contribution in [1.82, 2.24) is 9.97 Å². The molecule has 0 N–H and O–H groups in total. The van der Waals surface area contributed by atoms with Gasteiger partial charge in [-0.1, -0.05) is 86.6 Å². The Hall–Kier alpha value is -3.83. The molecule has 8 rings (SSSR count). The zero-order valence-corrected chi connectivity index (χ0v) is 37.4. The molecule has 0 saturated heterocycles. The largest absolute Gasteiger partial charge is 0 e. The number of aryl methyl sites for hydroxylation is 3. The molecule has 0 atom stereocenters. The molecule has 7 aromatic rings. The number of hydrogen-bond donors (Lipinski definition) is 0. The van der Waals surface area contributed by atoms with Crippen molar-refractivity contribution in [2.24, 2.45) is 5.92 Å². The van der Waals surface area contributed by atoms with E-state index in [0.717, 1.165) is 32.3 Å². The summed E-state index contributed by atoms with van der Waals surface area (Å²) >= 11 is -2.20. The number of rotatable bonds is 6. The molecule has 285 valence electrons. The number of aromatic nitrogens is 2. The van der Waals surface area contributed by atoms with E-state index in [1.807, 2.05) is 68.6 Å². The van der Waals surface area contributed by atoms with Gasteiger partial charge < -0.3 is 9.40 Å². The molecule has 0 unspecified atom stereocenters. The van der Waals surface area contributed by atoms with Crippen molar-refractivity contribution in [1.29, 1.82) is 0 Å². The second-order valence-electron chi connectivity index (χ2n) is 16.3. The predicted molar refractivity (Wildman–Crippen MR) is 231 cm³/mol. The van der Waals surface area contributed by atoms with Crippen molar-refractivity contribution in [2.45, 2.75) is 96.1 Å². The predicted octanol–water partition coefficient (Wildman–Crippen LogP) is 12.9. The van der Waals surface area contributed by atoms with Gasteiger partial charge in [0.25, 0.3) is 0 Å². The van der Waals surface area contributed by atoms with E-state index in [2.05, 4.69) is 84.4 Å². The van der Waals surface area contributed by atoms with Crippen LogP contribution in [0.15, 0.2) is 102 Å². The van der Waals surface area contributed by atoms with Gasteiger partial charge in [-0.25, -0.2) is 0 Å². The maximum absolute atomic E-state index is 8.56. The molecule has 0 bridgehead atoms. The number of furan rings is 1. The molecule has 3 heterocycles. The molecular weight excluding hydrogens is 909 g/mol. The van der Waals surface area contributed by atoms with Gasteiger partial charge in [-0.05, 0) is 65.0 Å². The average Bonchev–Trinajstić information content (AvgIpc) is 3.60. The van der Waals surface area contributed by atoms with Crippen molar-refractivity contribution in [3.05, 3.63) is 137 Å². The van der Waals surface area contributed by atoms with Gasteiger partial charge in [-0.15, -0.1) is 17.7 Å². The second kappa shape index (κ2) is 16.7. The minimum Gasteiger partial charge on any atom is 0 e. The molecular formula is C50H54GeIrN2O-2. The van der Waals surface area contributed by atoms with Crippen molar-refractivity contribution >= 4 is 39.6 Å². The fourth-order valence-corrected chi connectivity index (χ4v) is 9.76. The molecule has 4 aromatic carbocycles. The van der Waals surface area contributed by atoms with Gasteiger partial charge >= 0.3 is 128 Å². The third-order valence-electron chi connectivity index (χ3n) is 9.69. The summed E-state index contributed by atoms with van der Waals surface area (Å²) in [5.41, 5.74) is 7.92. The average molecular weight is 973 g/mol. The van der Waals surface area contributed by atoms with E-state index in [-0.39, 0.29) is 61.0 Å². The minimum absolute atomic E-state index is 0. The third kappa shape index (κ3) is 9.09. The first-order valence-electron chi connectivity index (χ1n) is 23.2. The normalized spacial score (nSPS) is 17.7. The number of fused-ring (bicyclic) bond motifs is 4. The van der Waals surface area contributed by atoms with Crippen LogP contribution >= 0.6 is 0 Å². The summed E-state index contributed by atoms with van der Waals surface area (Å²) < 4.78 is 82.9. The van der Waals surface area contributed by atoms with Gasteiger partial charge in [0.1, 0.15) is 5.58 Å². The summed E-state index contributed by atoms with van der Waals surface area (Å²) in [7, 11) is 0. The van der Waals surface area contributed by atoms with Crippen LogP contribution in [0.1, 0.15) is 87.6 Å². The van der Waals surface area contributed by atoms with E-state index in [0.29, 0.717) is 33.2 Å². The van der Waals surface area contributed by atoms with E-state index in [1.165, 1.54) is 17.8 Å². The Labute approximate surface area is 357 Å². The third-order valence-corrected chi connectivity index (χ3v) is 13.9. The van der Waals surface area contributed by atoms with Crippen LogP contribution in [0.3, 0.4) is 0 Å². The van der Waals surface area contributed by atoms with Gasteiger partial charge in [0.2, 0.25) is 0 Å². The maximum Gasteiger partial charge on any atom is 0 e. The van der Waals surface area contributed by atoms with Gasteiger partial charge in [0.15, 0.2) is 0 Å². The Kier molecular flexibility index (Phi) is 9.22. The second-order valence-corrected chi connectivity index (χ2v) is 26.9. The fraction of sp³-hybridized carbons (Fsp3) is 0.320. The molecule has 0 aliphatic heterocycles. The van der Waals surface area contributed by atoms with Crippen LogP contribution in [-0.4, -0.2) is 23.2 Å². The summed E-state index contributed by atoms with van der Waals surface area (Å²) in [6, 6.07) is 33.0. The van der Waals surface area contributed by atoms with E-state index in [9.17, 15) is 0 Å². The number of benzene rings is 4. The molecule has 0 spiro atoms. The Morgan fingerprint density at radius 3 is 2.27 bits per heavy atom. The number of pyridine rings is 2. The zero-order chi connectivity index (χ0) is 46.1. The van der Waals surface area contributed by atoms with Crippen LogP contribution in [0.25, 0.3) is 55.6 Å². The van der Waals surface area contributed by atoms with Gasteiger partial charge in [0, 0.05) is 41.3 Å². The van der Waals surface area contributed by atoms with Crippen LogP contribution in [-0.2, 0) is 44.6 Å². The van der Waals surface area contributed by atoms with Crippen LogP contribution < -0.4 is 4.40 Å². The van der Waals surface area contributed by atoms with E-state index >= 15 is 0 Å². The zero-order valence-electron chi connectivity index (χ0n) is 41.9. The number of hydrogen-bond acceptors (Lipinski definition) is 3. The molecule has 1 aliphatic carbocycles. The van der Waals surface area contributed by atoms with Gasteiger partial charge in [-0.3, -0.25) is 0 Å². The Morgan fingerprint density at radius 1 is 0.873 bits per heavy atom. The summed E-state index contributed by atoms with van der Waals surface area (Å²) in [4.78, 5) is 9.09. The fourth-order valence-electron chi connectivity index (χ4n) is 6.81. The van der Waals surface area contributed by atoms with Crippen LogP contribution in [0.4, 0.5) is 0 Å². The molecule has 0 saturated carbocycles. The summed E-state index contributed by atoms with van der Waals surface area (Å²) in [6.45, 7) is 7.97. The monoisotopic (exact) mass is 974 g/mol. The van der Waals surface area contributed by atoms with Crippen molar-refractivity contribution in [3.8, 4) is 33.6 Å². The van der Waals surface area contributed by atoms with E-state index in [1.54, 1.807) is 6.07 Å². The molecule has 0 fully saturated rings. The van der Waals surface area contributed by atoms with Crippen molar-refractivity contribution in [2.75, 3.05) is 0 Å². The Morgan fingerprint density at radius 2 is 1.60 bits per heavy atom. The first-order valence-corrected chi connectivity index (χ1v) is 26.1. The summed E-state index contributed by atoms with van der Waals surface area (Å²) in [5.74, 6) is 6.77. The Bertz CT molecular complexity index is 2810. The summed E-state index contributed by atoms with van der Waals surface area (Å²) in [5, 5.41) is 1.10. The standard InChI is InChI=1S/C32H30NO.C18H24GeN.Ir/c1-20-9-15-26(28-17-22-7-5-6-8-24(22)19-33-28)31-30(20)27-16-12-23(18-29(27)34-31)21-10-13-25(14-11-21)32(2,3)4;1-14(2)11-16-12-18(15-9-7-6-8-10-15)20-13-17(16)19(3,4)5;/h9-14,16-19H,5-8H2,1-4H3;6-9,12-14H,11H2,1-5H3;/q2*-1;/i1D3,7D2,8D2;11D2;. The molecule has 5 heteroatoms. The van der Waals surface area contributed by atoms with Gasteiger partial charge in [-0.2, -0.15) is 0 Å². The quantitative estimate of drug-likeness (QED) is 0.123. The Balaban J connectivity index is 0.000000251. The van der Waals surface area contributed by atoms with Crippen LogP contribution in [0.2, 0.25) is 17.3 Å². The number of nitrogens with zero attached hydrogens (tertiary/aromatic N) is 2.